The van der Waals surface area contributed by atoms with Gasteiger partial charge in [0.05, 0.1) is 17.8 Å². The van der Waals surface area contributed by atoms with Crippen molar-refractivity contribution in [2.24, 2.45) is 0 Å². The number of hydroxylamine groups is 2. The van der Waals surface area contributed by atoms with E-state index < -0.39 is 11.9 Å². The minimum absolute atomic E-state index is 0.0635. The highest BCUT2D eigenvalue weighted by Crippen LogP contribution is 2.17. The van der Waals surface area contributed by atoms with Gasteiger partial charge in [0.15, 0.2) is 0 Å². The molecule has 0 aliphatic heterocycles. The van der Waals surface area contributed by atoms with Crippen LogP contribution in [-0.2, 0) is 6.54 Å². The monoisotopic (exact) mass is 299 g/mol. The molecule has 0 bridgehead atoms. The predicted octanol–water partition coefficient (Wildman–Crippen LogP) is 2.47. The van der Waals surface area contributed by atoms with E-state index in [0.29, 0.717) is 10.8 Å². The van der Waals surface area contributed by atoms with E-state index in [4.69, 9.17) is 0 Å². The van der Waals surface area contributed by atoms with Crippen LogP contribution in [0.2, 0.25) is 0 Å². The van der Waals surface area contributed by atoms with E-state index >= 15 is 0 Å². The van der Waals surface area contributed by atoms with E-state index in [-0.39, 0.29) is 12.1 Å². The molecule has 0 saturated carbocycles. The van der Waals surface area contributed by atoms with Crippen molar-refractivity contribution in [3.05, 3.63) is 65.7 Å². The van der Waals surface area contributed by atoms with Crippen LogP contribution in [0.5, 0.6) is 0 Å². The molecule has 0 spiro atoms. The number of nitrogens with zero attached hydrogens (tertiary/aromatic N) is 1. The van der Waals surface area contributed by atoms with Crippen LogP contribution < -0.4 is 10.6 Å². The zero-order valence-corrected chi connectivity index (χ0v) is 12.1. The second kappa shape index (κ2) is 7.24. The number of para-hydroxylation sites is 1. The summed E-state index contributed by atoms with van der Waals surface area (Å²) in [4.78, 5) is 23.8. The lowest BCUT2D eigenvalue weighted by Gasteiger charge is -2.17. The summed E-state index contributed by atoms with van der Waals surface area (Å²) in [6, 6.07) is 15.2. The van der Waals surface area contributed by atoms with Crippen LogP contribution in [0.15, 0.2) is 54.6 Å². The van der Waals surface area contributed by atoms with Crippen molar-refractivity contribution in [3.8, 4) is 0 Å². The summed E-state index contributed by atoms with van der Waals surface area (Å²) in [6.07, 6.45) is 0. The van der Waals surface area contributed by atoms with Gasteiger partial charge >= 0.3 is 6.03 Å². The van der Waals surface area contributed by atoms with Gasteiger partial charge in [0.1, 0.15) is 0 Å². The number of urea groups is 1. The van der Waals surface area contributed by atoms with Gasteiger partial charge in [-0.1, -0.05) is 42.5 Å². The first-order valence-corrected chi connectivity index (χ1v) is 6.74. The van der Waals surface area contributed by atoms with E-state index in [1.54, 1.807) is 24.3 Å². The summed E-state index contributed by atoms with van der Waals surface area (Å²) in [5.74, 6) is -0.587. The summed E-state index contributed by atoms with van der Waals surface area (Å²) in [5.41, 5.74) is 1.35. The smallest absolute Gasteiger partial charge is 0.318 e. The van der Waals surface area contributed by atoms with Gasteiger partial charge in [0.25, 0.3) is 5.91 Å². The minimum atomic E-state index is -0.587. The molecule has 0 radical (unpaired) electrons. The molecule has 22 heavy (non-hydrogen) atoms. The molecule has 3 amide bonds. The van der Waals surface area contributed by atoms with Crippen LogP contribution in [0.25, 0.3) is 0 Å². The maximum atomic E-state index is 12.3. The average molecular weight is 299 g/mol. The van der Waals surface area contributed by atoms with Crippen molar-refractivity contribution in [2.45, 2.75) is 6.54 Å². The van der Waals surface area contributed by atoms with Crippen molar-refractivity contribution >= 4 is 17.6 Å². The molecular formula is C16H17N3O3. The molecule has 0 saturated heterocycles. The van der Waals surface area contributed by atoms with E-state index in [9.17, 15) is 14.8 Å². The van der Waals surface area contributed by atoms with E-state index in [0.717, 1.165) is 5.56 Å². The van der Waals surface area contributed by atoms with E-state index in [2.05, 4.69) is 10.6 Å². The number of anilines is 1. The second-order valence-electron chi connectivity index (χ2n) is 4.60. The standard InChI is InChI=1S/C16H17N3O3/c1-17-16(21)18-14-10-6-5-9-13(14)15(20)19(22)11-12-7-3-2-4-8-12/h2-10,22H,11H2,1H3,(H2,17,18,21). The first-order valence-electron chi connectivity index (χ1n) is 6.74. The number of carbonyl (C=O) groups excluding carboxylic acids is 2. The Labute approximate surface area is 128 Å². The second-order valence-corrected chi connectivity index (χ2v) is 4.60. The molecule has 114 valence electrons. The molecule has 6 nitrogen and oxygen atoms in total. The number of hydrogen-bond acceptors (Lipinski definition) is 3. The molecule has 0 aliphatic rings. The molecule has 3 N–H and O–H groups in total. The number of benzene rings is 2. The molecule has 0 unspecified atom stereocenters. The zero-order chi connectivity index (χ0) is 15.9. The van der Waals surface area contributed by atoms with Crippen LogP contribution in [0.1, 0.15) is 15.9 Å². The molecule has 2 aromatic rings. The largest absolute Gasteiger partial charge is 0.341 e. The first kappa shape index (κ1) is 15.5. The van der Waals surface area contributed by atoms with Crippen LogP contribution in [0.3, 0.4) is 0 Å². The van der Waals surface area contributed by atoms with Gasteiger partial charge in [-0.2, -0.15) is 0 Å². The lowest BCUT2D eigenvalue weighted by Crippen LogP contribution is -2.30. The zero-order valence-electron chi connectivity index (χ0n) is 12.1. The van der Waals surface area contributed by atoms with Gasteiger partial charge < -0.3 is 10.6 Å². The molecular weight excluding hydrogens is 282 g/mol. The Morgan fingerprint density at radius 3 is 2.36 bits per heavy atom. The lowest BCUT2D eigenvalue weighted by molar-refractivity contribution is -0.0647. The highest BCUT2D eigenvalue weighted by molar-refractivity contribution is 6.02. The highest BCUT2D eigenvalue weighted by Gasteiger charge is 2.18. The fraction of sp³-hybridized carbons (Fsp3) is 0.125. The topological polar surface area (TPSA) is 81.7 Å². The highest BCUT2D eigenvalue weighted by atomic mass is 16.5. The van der Waals surface area contributed by atoms with Crippen LogP contribution in [-0.4, -0.2) is 29.3 Å². The maximum absolute atomic E-state index is 12.3. The number of hydrogen-bond donors (Lipinski definition) is 3. The summed E-state index contributed by atoms with van der Waals surface area (Å²) in [6.45, 7) is 0.0635. The van der Waals surface area contributed by atoms with E-state index in [1.165, 1.54) is 7.05 Å². The predicted molar refractivity (Wildman–Crippen MR) is 82.6 cm³/mol. The fourth-order valence-corrected chi connectivity index (χ4v) is 1.93. The lowest BCUT2D eigenvalue weighted by atomic mass is 10.1. The number of carbonyl (C=O) groups is 2. The van der Waals surface area contributed by atoms with Gasteiger partial charge in [-0.05, 0) is 17.7 Å². The van der Waals surface area contributed by atoms with Crippen molar-refractivity contribution in [1.82, 2.24) is 10.4 Å². The minimum Gasteiger partial charge on any atom is -0.341 e. The first-order chi connectivity index (χ1) is 10.6. The Bertz CT molecular complexity index is 659. The third kappa shape index (κ3) is 3.83. The molecule has 0 heterocycles. The van der Waals surface area contributed by atoms with E-state index in [1.807, 2.05) is 30.3 Å². The molecule has 2 aromatic carbocycles. The maximum Gasteiger partial charge on any atom is 0.318 e. The van der Waals surface area contributed by atoms with Gasteiger partial charge in [-0.3, -0.25) is 10.0 Å². The van der Waals surface area contributed by atoms with Crippen LogP contribution in [0.4, 0.5) is 10.5 Å². The average Bonchev–Trinajstić information content (AvgIpc) is 2.55. The fourth-order valence-electron chi connectivity index (χ4n) is 1.93. The van der Waals surface area contributed by atoms with Crippen molar-refractivity contribution in [1.29, 1.82) is 0 Å². The molecule has 0 fully saturated rings. The quantitative estimate of drug-likeness (QED) is 0.599. The Morgan fingerprint density at radius 1 is 1.05 bits per heavy atom. The Hall–Kier alpha value is -2.86. The number of rotatable bonds is 4. The van der Waals surface area contributed by atoms with Crippen LogP contribution in [0, 0.1) is 0 Å². The van der Waals surface area contributed by atoms with Gasteiger partial charge in [-0.25, -0.2) is 9.86 Å². The molecule has 0 aliphatic carbocycles. The van der Waals surface area contributed by atoms with Crippen LogP contribution >= 0.6 is 0 Å². The molecule has 2 rings (SSSR count). The SMILES string of the molecule is CNC(=O)Nc1ccccc1C(=O)N(O)Cc1ccccc1. The summed E-state index contributed by atoms with van der Waals surface area (Å²) in [5, 5.41) is 15.6. The normalized spacial score (nSPS) is 9.91. The molecule has 0 aromatic heterocycles. The molecule has 0 atom stereocenters. The van der Waals surface area contributed by atoms with Crippen molar-refractivity contribution in [2.75, 3.05) is 12.4 Å². The summed E-state index contributed by atoms with van der Waals surface area (Å²) < 4.78 is 0. The third-order valence-electron chi connectivity index (χ3n) is 3.04. The van der Waals surface area contributed by atoms with Gasteiger partial charge in [-0.15, -0.1) is 0 Å². The number of amides is 3. The Kier molecular flexibility index (Phi) is 5.11. The Balaban J connectivity index is 2.16. The van der Waals surface area contributed by atoms with Crippen molar-refractivity contribution < 1.29 is 14.8 Å². The van der Waals surface area contributed by atoms with Crippen molar-refractivity contribution in [3.63, 3.8) is 0 Å². The molecule has 6 heteroatoms. The number of nitrogens with one attached hydrogen (secondary N) is 2. The summed E-state index contributed by atoms with van der Waals surface area (Å²) >= 11 is 0. The summed E-state index contributed by atoms with van der Waals surface area (Å²) in [7, 11) is 1.48. The van der Waals surface area contributed by atoms with Gasteiger partial charge in [0.2, 0.25) is 0 Å². The third-order valence-corrected chi connectivity index (χ3v) is 3.04. The van der Waals surface area contributed by atoms with Gasteiger partial charge in [0, 0.05) is 7.05 Å². The Morgan fingerprint density at radius 2 is 1.68 bits per heavy atom.